The van der Waals surface area contributed by atoms with Gasteiger partial charge in [0.1, 0.15) is 11.3 Å². The Kier molecular flexibility index (Phi) is 3.61. The molecule has 18 heavy (non-hydrogen) atoms. The lowest BCUT2D eigenvalue weighted by Crippen LogP contribution is -2.49. The molecule has 2 rings (SSSR count). The zero-order valence-electron chi connectivity index (χ0n) is 10.0. The molecule has 2 aliphatic rings. The Hall–Kier alpha value is -1.11. The van der Waals surface area contributed by atoms with E-state index in [1.807, 2.05) is 0 Å². The Bertz CT molecular complexity index is 458. The van der Waals surface area contributed by atoms with Gasteiger partial charge in [0, 0.05) is 6.54 Å². The van der Waals surface area contributed by atoms with Crippen molar-refractivity contribution in [2.24, 2.45) is 0 Å². The third kappa shape index (κ3) is 2.36. The van der Waals surface area contributed by atoms with Gasteiger partial charge in [-0.25, -0.2) is 13.2 Å². The molecule has 2 atom stereocenters. The Balaban J connectivity index is 2.18. The summed E-state index contributed by atoms with van der Waals surface area (Å²) in [7, 11) is -3.39. The summed E-state index contributed by atoms with van der Waals surface area (Å²) in [6.07, 6.45) is 2.66. The first-order chi connectivity index (χ1) is 8.43. The molecule has 0 radical (unpaired) electrons. The van der Waals surface area contributed by atoms with Gasteiger partial charge < -0.3 is 10.0 Å². The maximum atomic E-state index is 12.2. The molecule has 2 saturated heterocycles. The first-order valence-corrected chi connectivity index (χ1v) is 7.90. The van der Waals surface area contributed by atoms with Crippen molar-refractivity contribution in [3.63, 3.8) is 0 Å². The predicted molar refractivity (Wildman–Crippen MR) is 63.8 cm³/mol. The number of carboxylic acid groups (broad SMARTS) is 1. The molecule has 0 bridgehead atoms. The zero-order chi connectivity index (χ0) is 13.3. The lowest BCUT2D eigenvalue weighted by atomic mass is 10.1. The van der Waals surface area contributed by atoms with Crippen molar-refractivity contribution >= 4 is 21.7 Å². The van der Waals surface area contributed by atoms with E-state index in [0.717, 1.165) is 0 Å². The molecule has 2 heterocycles. The van der Waals surface area contributed by atoms with Crippen molar-refractivity contribution in [3.8, 4) is 0 Å². The number of amides is 1. The number of likely N-dealkylation sites (tertiary alicyclic amines) is 1. The van der Waals surface area contributed by atoms with Crippen molar-refractivity contribution in [3.05, 3.63) is 0 Å². The van der Waals surface area contributed by atoms with Crippen molar-refractivity contribution < 1.29 is 23.1 Å². The number of hydrogen-bond acceptors (Lipinski definition) is 4. The minimum Gasteiger partial charge on any atom is -0.480 e. The molecule has 7 heteroatoms. The summed E-state index contributed by atoms with van der Waals surface area (Å²) in [6, 6.07) is -0.852. The van der Waals surface area contributed by atoms with E-state index in [9.17, 15) is 18.0 Å². The molecule has 0 aromatic carbocycles. The summed E-state index contributed by atoms with van der Waals surface area (Å²) in [5.41, 5.74) is 0. The molecule has 0 saturated carbocycles. The van der Waals surface area contributed by atoms with Gasteiger partial charge in [0.25, 0.3) is 0 Å². The number of carbonyl (C=O) groups is 2. The molecule has 0 aromatic rings. The number of carbonyl (C=O) groups excluding carboxylic acids is 1. The Morgan fingerprint density at radius 1 is 1.11 bits per heavy atom. The Morgan fingerprint density at radius 2 is 1.83 bits per heavy atom. The molecule has 0 aromatic heterocycles. The molecule has 2 aliphatic heterocycles. The smallest absolute Gasteiger partial charge is 0.326 e. The van der Waals surface area contributed by atoms with Crippen molar-refractivity contribution in [2.75, 3.05) is 12.3 Å². The van der Waals surface area contributed by atoms with Gasteiger partial charge in [-0.2, -0.15) is 0 Å². The van der Waals surface area contributed by atoms with Gasteiger partial charge in [0.2, 0.25) is 5.91 Å². The van der Waals surface area contributed by atoms with Gasteiger partial charge in [-0.3, -0.25) is 4.79 Å². The normalized spacial score (nSPS) is 31.2. The first kappa shape index (κ1) is 13.3. The van der Waals surface area contributed by atoms with E-state index in [-0.39, 0.29) is 5.75 Å². The van der Waals surface area contributed by atoms with Gasteiger partial charge in [-0.1, -0.05) is 6.42 Å². The Labute approximate surface area is 106 Å². The van der Waals surface area contributed by atoms with Crippen LogP contribution < -0.4 is 0 Å². The monoisotopic (exact) mass is 275 g/mol. The third-order valence-corrected chi connectivity index (χ3v) is 5.84. The molecule has 1 amide bonds. The minimum atomic E-state index is -3.39. The number of aliphatic carboxylic acids is 1. The van der Waals surface area contributed by atoms with Crippen LogP contribution >= 0.6 is 0 Å². The van der Waals surface area contributed by atoms with Crippen LogP contribution in [0.25, 0.3) is 0 Å². The van der Waals surface area contributed by atoms with Gasteiger partial charge in [-0.05, 0) is 25.7 Å². The first-order valence-electron chi connectivity index (χ1n) is 6.18. The molecule has 0 aliphatic carbocycles. The fraction of sp³-hybridized carbons (Fsp3) is 0.818. The molecular weight excluding hydrogens is 258 g/mol. The lowest BCUT2D eigenvalue weighted by molar-refractivity contribution is -0.148. The van der Waals surface area contributed by atoms with Crippen molar-refractivity contribution in [2.45, 2.75) is 43.4 Å². The van der Waals surface area contributed by atoms with Crippen LogP contribution in [0, 0.1) is 0 Å². The van der Waals surface area contributed by atoms with Crippen LogP contribution in [0.2, 0.25) is 0 Å². The second-order valence-corrected chi connectivity index (χ2v) is 7.18. The topological polar surface area (TPSA) is 91.8 Å². The molecule has 1 unspecified atom stereocenters. The van der Waals surface area contributed by atoms with Crippen LogP contribution in [0.1, 0.15) is 32.1 Å². The average Bonchev–Trinajstić information content (AvgIpc) is 2.76. The van der Waals surface area contributed by atoms with Crippen LogP contribution in [-0.4, -0.2) is 53.9 Å². The van der Waals surface area contributed by atoms with Crippen LogP contribution in [0.3, 0.4) is 0 Å². The van der Waals surface area contributed by atoms with Crippen LogP contribution in [0.5, 0.6) is 0 Å². The molecule has 102 valence electrons. The lowest BCUT2D eigenvalue weighted by Gasteiger charge is -2.28. The van der Waals surface area contributed by atoms with Crippen LogP contribution in [0.15, 0.2) is 0 Å². The Morgan fingerprint density at radius 3 is 2.44 bits per heavy atom. The highest BCUT2D eigenvalue weighted by atomic mass is 32.2. The third-order valence-electron chi connectivity index (χ3n) is 3.68. The minimum absolute atomic E-state index is 0.0367. The fourth-order valence-electron chi connectivity index (χ4n) is 2.70. The van der Waals surface area contributed by atoms with Gasteiger partial charge in [0.15, 0.2) is 9.84 Å². The zero-order valence-corrected chi connectivity index (χ0v) is 10.9. The van der Waals surface area contributed by atoms with E-state index >= 15 is 0 Å². The number of rotatable bonds is 2. The summed E-state index contributed by atoms with van der Waals surface area (Å²) in [5.74, 6) is -1.52. The van der Waals surface area contributed by atoms with Crippen molar-refractivity contribution in [1.82, 2.24) is 4.90 Å². The van der Waals surface area contributed by atoms with E-state index in [4.69, 9.17) is 5.11 Å². The van der Waals surface area contributed by atoms with E-state index in [1.54, 1.807) is 0 Å². The second-order valence-electron chi connectivity index (χ2n) is 4.88. The molecule has 6 nitrogen and oxygen atoms in total. The maximum absolute atomic E-state index is 12.2. The predicted octanol–water partition coefficient (Wildman–Crippen LogP) is 0.0293. The highest BCUT2D eigenvalue weighted by Gasteiger charge is 2.42. The molecule has 0 spiro atoms. The number of nitrogens with zero attached hydrogens (tertiary/aromatic N) is 1. The van der Waals surface area contributed by atoms with Gasteiger partial charge >= 0.3 is 5.97 Å². The number of carboxylic acids is 1. The standard InChI is InChI=1S/C11H17NO5S/c13-10(9-5-1-2-7-18(9,16)17)12-6-3-4-8(12)11(14)15/h8-9H,1-7H2,(H,14,15)/t8-,9?/m0/s1. The van der Waals surface area contributed by atoms with Crippen molar-refractivity contribution in [1.29, 1.82) is 0 Å². The van der Waals surface area contributed by atoms with Crippen LogP contribution in [0.4, 0.5) is 0 Å². The number of sulfone groups is 1. The summed E-state index contributed by atoms with van der Waals surface area (Å²) in [5, 5.41) is 8.00. The van der Waals surface area contributed by atoms with E-state index in [0.29, 0.717) is 38.6 Å². The molecule has 1 N–H and O–H groups in total. The average molecular weight is 275 g/mol. The van der Waals surface area contributed by atoms with Gasteiger partial charge in [0.05, 0.1) is 5.75 Å². The number of hydrogen-bond donors (Lipinski definition) is 1. The van der Waals surface area contributed by atoms with E-state index in [1.165, 1.54) is 4.90 Å². The quantitative estimate of drug-likeness (QED) is 0.767. The molecular formula is C11H17NO5S. The summed E-state index contributed by atoms with van der Waals surface area (Å²) < 4.78 is 23.7. The highest BCUT2D eigenvalue weighted by Crippen LogP contribution is 2.25. The highest BCUT2D eigenvalue weighted by molar-refractivity contribution is 7.92. The fourth-order valence-corrected chi connectivity index (χ4v) is 4.56. The largest absolute Gasteiger partial charge is 0.480 e. The summed E-state index contributed by atoms with van der Waals surface area (Å²) >= 11 is 0. The van der Waals surface area contributed by atoms with E-state index < -0.39 is 33.0 Å². The van der Waals surface area contributed by atoms with Gasteiger partial charge in [-0.15, -0.1) is 0 Å². The van der Waals surface area contributed by atoms with E-state index in [2.05, 4.69) is 0 Å². The summed E-state index contributed by atoms with van der Waals surface area (Å²) in [4.78, 5) is 24.5. The van der Waals surface area contributed by atoms with Crippen LogP contribution in [-0.2, 0) is 19.4 Å². The second kappa shape index (κ2) is 4.87. The maximum Gasteiger partial charge on any atom is 0.326 e. The SMILES string of the molecule is O=C(O)[C@@H]1CCCN1C(=O)C1CCCCS1(=O)=O. The summed E-state index contributed by atoms with van der Waals surface area (Å²) in [6.45, 7) is 0.349. The molecule has 2 fully saturated rings.